The zero-order valence-corrected chi connectivity index (χ0v) is 10.7. The van der Waals surface area contributed by atoms with Crippen LogP contribution in [0, 0.1) is 5.92 Å². The quantitative estimate of drug-likeness (QED) is 0.882. The van der Waals surface area contributed by atoms with E-state index in [2.05, 4.69) is 4.98 Å². The Balaban J connectivity index is 2.08. The van der Waals surface area contributed by atoms with E-state index in [1.54, 1.807) is 17.7 Å². The monoisotopic (exact) mass is 260 g/mol. The van der Waals surface area contributed by atoms with Crippen LogP contribution in [0.2, 0.25) is 0 Å². The molecule has 5 nitrogen and oxygen atoms in total. The van der Waals surface area contributed by atoms with Crippen molar-refractivity contribution in [1.82, 2.24) is 9.55 Å². The van der Waals surface area contributed by atoms with Gasteiger partial charge in [-0.25, -0.2) is 4.79 Å². The van der Waals surface area contributed by atoms with E-state index >= 15 is 0 Å². The average molecular weight is 260 g/mol. The van der Waals surface area contributed by atoms with Gasteiger partial charge < -0.3 is 14.8 Å². The molecule has 1 unspecified atom stereocenters. The van der Waals surface area contributed by atoms with Crippen LogP contribution < -0.4 is 0 Å². The van der Waals surface area contributed by atoms with E-state index in [0.29, 0.717) is 17.0 Å². The van der Waals surface area contributed by atoms with E-state index in [1.165, 1.54) is 25.1 Å². The summed E-state index contributed by atoms with van der Waals surface area (Å²) >= 11 is 0. The molecule has 0 aromatic carbocycles. The van der Waals surface area contributed by atoms with Crippen molar-refractivity contribution in [2.24, 2.45) is 13.0 Å². The Morgan fingerprint density at radius 3 is 2.95 bits per heavy atom. The zero-order valence-electron chi connectivity index (χ0n) is 10.7. The summed E-state index contributed by atoms with van der Waals surface area (Å²) in [5.74, 6) is -0.364. The number of carboxylic acid groups (broad SMARTS) is 1. The zero-order chi connectivity index (χ0) is 13.6. The molecule has 0 radical (unpaired) electrons. The van der Waals surface area contributed by atoms with Crippen molar-refractivity contribution in [3.63, 3.8) is 0 Å². The number of aliphatic hydroxyl groups excluding tert-OH is 1. The van der Waals surface area contributed by atoms with Crippen molar-refractivity contribution in [1.29, 1.82) is 0 Å². The second-order valence-corrected chi connectivity index (χ2v) is 5.22. The minimum Gasteiger partial charge on any atom is -0.478 e. The Labute approximate surface area is 110 Å². The molecule has 0 saturated heterocycles. The van der Waals surface area contributed by atoms with Crippen LogP contribution in [0.25, 0.3) is 11.0 Å². The maximum Gasteiger partial charge on any atom is 0.337 e. The summed E-state index contributed by atoms with van der Waals surface area (Å²) in [6.07, 6.45) is 4.04. The smallest absolute Gasteiger partial charge is 0.337 e. The van der Waals surface area contributed by atoms with Crippen LogP contribution in [0.3, 0.4) is 0 Å². The number of aryl methyl sites for hydroxylation is 1. The first-order valence-corrected chi connectivity index (χ1v) is 6.43. The van der Waals surface area contributed by atoms with Crippen molar-refractivity contribution in [3.05, 3.63) is 29.6 Å². The SMILES string of the molecule is Cn1c(C(O)CC2CC2)cc2nccc(C(=O)O)c21. The lowest BCUT2D eigenvalue weighted by atomic mass is 10.1. The molecule has 2 N–H and O–H groups in total. The maximum atomic E-state index is 11.2. The molecule has 1 saturated carbocycles. The number of aliphatic hydroxyl groups is 1. The van der Waals surface area contributed by atoms with Crippen molar-refractivity contribution < 1.29 is 15.0 Å². The Morgan fingerprint density at radius 2 is 2.32 bits per heavy atom. The highest BCUT2D eigenvalue weighted by molar-refractivity contribution is 6.01. The summed E-state index contributed by atoms with van der Waals surface area (Å²) < 4.78 is 1.75. The fourth-order valence-corrected chi connectivity index (χ4v) is 2.58. The van der Waals surface area contributed by atoms with Gasteiger partial charge in [-0.05, 0) is 24.5 Å². The number of hydrogen-bond donors (Lipinski definition) is 2. The Kier molecular flexibility index (Phi) is 2.78. The predicted octanol–water partition coefficient (Wildman–Crippen LogP) is 2.10. The van der Waals surface area contributed by atoms with Gasteiger partial charge in [-0.2, -0.15) is 0 Å². The first-order valence-electron chi connectivity index (χ1n) is 6.43. The number of hydrogen-bond acceptors (Lipinski definition) is 3. The predicted molar refractivity (Wildman–Crippen MR) is 70.0 cm³/mol. The van der Waals surface area contributed by atoms with Crippen LogP contribution in [0.15, 0.2) is 18.3 Å². The summed E-state index contributed by atoms with van der Waals surface area (Å²) in [6, 6.07) is 3.27. The van der Waals surface area contributed by atoms with Crippen LogP contribution in [0.1, 0.15) is 41.4 Å². The van der Waals surface area contributed by atoms with E-state index in [9.17, 15) is 15.0 Å². The molecule has 1 atom stereocenters. The first kappa shape index (κ1) is 12.2. The lowest BCUT2D eigenvalue weighted by Gasteiger charge is -2.11. The number of fused-ring (bicyclic) bond motifs is 1. The van der Waals surface area contributed by atoms with Gasteiger partial charge in [0, 0.05) is 18.9 Å². The highest BCUT2D eigenvalue weighted by atomic mass is 16.4. The van der Waals surface area contributed by atoms with E-state index in [1.807, 2.05) is 0 Å². The molecule has 2 aromatic heterocycles. The molecule has 2 heterocycles. The van der Waals surface area contributed by atoms with Gasteiger partial charge >= 0.3 is 5.97 Å². The molecule has 19 heavy (non-hydrogen) atoms. The van der Waals surface area contributed by atoms with Crippen molar-refractivity contribution in [3.8, 4) is 0 Å². The molecule has 0 aliphatic heterocycles. The summed E-state index contributed by atoms with van der Waals surface area (Å²) in [6.45, 7) is 0. The Morgan fingerprint density at radius 1 is 1.58 bits per heavy atom. The third kappa shape index (κ3) is 2.10. The minimum atomic E-state index is -0.975. The van der Waals surface area contributed by atoms with Gasteiger partial charge in [-0.3, -0.25) is 4.98 Å². The summed E-state index contributed by atoms with van der Waals surface area (Å²) in [5, 5.41) is 19.5. The lowest BCUT2D eigenvalue weighted by molar-refractivity contribution is 0.0698. The number of aromatic nitrogens is 2. The molecule has 2 aromatic rings. The van der Waals surface area contributed by atoms with Crippen LogP contribution >= 0.6 is 0 Å². The van der Waals surface area contributed by atoms with Gasteiger partial charge in [0.1, 0.15) is 0 Å². The third-order valence-electron chi connectivity index (χ3n) is 3.79. The lowest BCUT2D eigenvalue weighted by Crippen LogP contribution is -2.07. The minimum absolute atomic E-state index is 0.220. The standard InChI is InChI=1S/C14H16N2O3/c1-16-11(12(17)6-8-2-3-8)7-10-13(16)9(14(18)19)4-5-15-10/h4-5,7-8,12,17H,2-3,6H2,1H3,(H,18,19). The molecule has 1 fully saturated rings. The van der Waals surface area contributed by atoms with Crippen molar-refractivity contribution in [2.45, 2.75) is 25.4 Å². The van der Waals surface area contributed by atoms with Gasteiger partial charge in [0.15, 0.2) is 0 Å². The maximum absolute atomic E-state index is 11.2. The number of aromatic carboxylic acids is 1. The molecule has 0 bridgehead atoms. The van der Waals surface area contributed by atoms with E-state index in [0.717, 1.165) is 12.1 Å². The molecule has 100 valence electrons. The van der Waals surface area contributed by atoms with Crippen molar-refractivity contribution >= 4 is 17.0 Å². The Hall–Kier alpha value is -1.88. The molecule has 1 aliphatic rings. The first-order chi connectivity index (χ1) is 9.08. The van der Waals surface area contributed by atoms with Gasteiger partial charge in [0.05, 0.1) is 22.7 Å². The number of pyridine rings is 1. The highest BCUT2D eigenvalue weighted by Crippen LogP contribution is 2.38. The number of nitrogens with zero attached hydrogens (tertiary/aromatic N) is 2. The molecule has 0 spiro atoms. The number of rotatable bonds is 4. The van der Waals surface area contributed by atoms with E-state index < -0.39 is 12.1 Å². The Bertz CT molecular complexity index is 643. The molecule has 0 amide bonds. The third-order valence-corrected chi connectivity index (χ3v) is 3.79. The summed E-state index contributed by atoms with van der Waals surface area (Å²) in [5.41, 5.74) is 2.15. The second-order valence-electron chi connectivity index (χ2n) is 5.22. The number of carbonyl (C=O) groups is 1. The van der Waals surface area contributed by atoms with Crippen molar-refractivity contribution in [2.75, 3.05) is 0 Å². The average Bonchev–Trinajstić information content (AvgIpc) is 3.12. The molecular formula is C14H16N2O3. The van der Waals surface area contributed by atoms with Crippen LogP contribution in [-0.2, 0) is 7.05 Å². The topological polar surface area (TPSA) is 75.3 Å². The van der Waals surface area contributed by atoms with E-state index in [4.69, 9.17) is 0 Å². The summed E-state index contributed by atoms with van der Waals surface area (Å²) in [4.78, 5) is 15.4. The normalized spacial score (nSPS) is 16.7. The van der Waals surface area contributed by atoms with Gasteiger partial charge in [0.2, 0.25) is 0 Å². The second kappa shape index (κ2) is 4.35. The van der Waals surface area contributed by atoms with Crippen LogP contribution in [0.4, 0.5) is 0 Å². The fraction of sp³-hybridized carbons (Fsp3) is 0.429. The van der Waals surface area contributed by atoms with E-state index in [-0.39, 0.29) is 5.56 Å². The number of carboxylic acids is 1. The van der Waals surface area contributed by atoms with Gasteiger partial charge in [-0.1, -0.05) is 12.8 Å². The van der Waals surface area contributed by atoms with Crippen LogP contribution in [0.5, 0.6) is 0 Å². The highest BCUT2D eigenvalue weighted by Gasteiger charge is 2.27. The molecular weight excluding hydrogens is 244 g/mol. The van der Waals surface area contributed by atoms with Crippen LogP contribution in [-0.4, -0.2) is 25.7 Å². The fourth-order valence-electron chi connectivity index (χ4n) is 2.58. The summed E-state index contributed by atoms with van der Waals surface area (Å²) in [7, 11) is 1.78. The van der Waals surface area contributed by atoms with Gasteiger partial charge in [-0.15, -0.1) is 0 Å². The molecule has 3 rings (SSSR count). The van der Waals surface area contributed by atoms with Gasteiger partial charge in [0.25, 0.3) is 0 Å². The largest absolute Gasteiger partial charge is 0.478 e. The molecule has 5 heteroatoms. The molecule has 1 aliphatic carbocycles.